The molecule has 1 aromatic rings. The van der Waals surface area contributed by atoms with Crippen LogP contribution in [-0.2, 0) is 6.54 Å². The van der Waals surface area contributed by atoms with Gasteiger partial charge >= 0.3 is 6.61 Å². The van der Waals surface area contributed by atoms with Crippen LogP contribution in [0, 0.1) is 5.92 Å². The maximum absolute atomic E-state index is 12.4. The van der Waals surface area contributed by atoms with E-state index in [1.54, 1.807) is 12.1 Å². The van der Waals surface area contributed by atoms with Gasteiger partial charge in [-0.3, -0.25) is 4.90 Å². The first-order valence-corrected chi connectivity index (χ1v) is 7.68. The zero-order valence-electron chi connectivity index (χ0n) is 13.1. The number of hydrogen-bond donors (Lipinski definition) is 1. The van der Waals surface area contributed by atoms with Crippen molar-refractivity contribution in [3.63, 3.8) is 0 Å². The minimum absolute atomic E-state index is 0.0786. The van der Waals surface area contributed by atoms with Crippen LogP contribution in [0.15, 0.2) is 18.2 Å². The van der Waals surface area contributed by atoms with E-state index in [-0.39, 0.29) is 5.75 Å². The molecule has 1 aromatic carbocycles. The zero-order chi connectivity index (χ0) is 16.1. The number of alkyl halides is 2. The predicted molar refractivity (Wildman–Crippen MR) is 81.3 cm³/mol. The van der Waals surface area contributed by atoms with Gasteiger partial charge in [0.05, 0.1) is 6.61 Å². The molecule has 2 N–H and O–H groups in total. The van der Waals surface area contributed by atoms with Crippen molar-refractivity contribution in [2.24, 2.45) is 11.7 Å². The summed E-state index contributed by atoms with van der Waals surface area (Å²) in [5.41, 5.74) is 6.77. The Morgan fingerprint density at radius 1 is 1.36 bits per heavy atom. The van der Waals surface area contributed by atoms with E-state index >= 15 is 0 Å². The number of likely N-dealkylation sites (tertiary alicyclic amines) is 1. The molecule has 0 bridgehead atoms. The molecule has 2 atom stereocenters. The summed E-state index contributed by atoms with van der Waals surface area (Å²) < 4.78 is 34.7. The first-order chi connectivity index (χ1) is 10.5. The molecule has 2 unspecified atom stereocenters. The topological polar surface area (TPSA) is 47.7 Å². The number of hydrogen-bond acceptors (Lipinski definition) is 4. The second kappa shape index (κ2) is 7.74. The molecule has 0 amide bonds. The van der Waals surface area contributed by atoms with Gasteiger partial charge in [-0.15, -0.1) is 0 Å². The van der Waals surface area contributed by atoms with Crippen molar-refractivity contribution in [1.82, 2.24) is 4.90 Å². The van der Waals surface area contributed by atoms with Crippen molar-refractivity contribution < 1.29 is 18.3 Å². The van der Waals surface area contributed by atoms with Crippen LogP contribution >= 0.6 is 0 Å². The Labute approximate surface area is 130 Å². The van der Waals surface area contributed by atoms with Crippen LogP contribution in [-0.4, -0.2) is 37.2 Å². The number of nitrogens with two attached hydrogens (primary N) is 1. The van der Waals surface area contributed by atoms with Gasteiger partial charge in [-0.2, -0.15) is 8.78 Å². The first kappa shape index (κ1) is 17.0. The van der Waals surface area contributed by atoms with Gasteiger partial charge in [0.25, 0.3) is 0 Å². The van der Waals surface area contributed by atoms with Gasteiger partial charge in [0, 0.05) is 19.1 Å². The average Bonchev–Trinajstić information content (AvgIpc) is 2.82. The molecule has 22 heavy (non-hydrogen) atoms. The lowest BCUT2D eigenvalue weighted by atomic mass is 10.1. The Bertz CT molecular complexity index is 485. The highest BCUT2D eigenvalue weighted by atomic mass is 19.3. The summed E-state index contributed by atoms with van der Waals surface area (Å²) in [4.78, 5) is 2.36. The lowest BCUT2D eigenvalue weighted by Crippen LogP contribution is -2.27. The lowest BCUT2D eigenvalue weighted by molar-refractivity contribution is -0.0514. The summed E-state index contributed by atoms with van der Waals surface area (Å²) in [5, 5.41) is 0. The second-order valence-electron chi connectivity index (χ2n) is 5.71. The number of nitrogens with zero attached hydrogens (tertiary/aromatic N) is 1. The Morgan fingerprint density at radius 2 is 2.14 bits per heavy atom. The van der Waals surface area contributed by atoms with E-state index < -0.39 is 6.61 Å². The fraction of sp³-hybridized carbons (Fsp3) is 0.625. The Hall–Kier alpha value is -1.40. The van der Waals surface area contributed by atoms with Crippen molar-refractivity contribution in [1.29, 1.82) is 0 Å². The van der Waals surface area contributed by atoms with Crippen LogP contribution in [0.4, 0.5) is 8.78 Å². The van der Waals surface area contributed by atoms with E-state index in [0.29, 0.717) is 30.9 Å². The van der Waals surface area contributed by atoms with E-state index in [1.165, 1.54) is 0 Å². The molecule has 2 rings (SSSR count). The second-order valence-corrected chi connectivity index (χ2v) is 5.71. The standard InChI is InChI=1S/C16H24F2N2O2/c1-3-21-15-7-12(4-5-14(15)22-16(17)18)9-20-10-13(8-19)6-11(20)2/h4-5,7,11,13,16H,3,6,8-10,19H2,1-2H3. The average molecular weight is 314 g/mol. The van der Waals surface area contributed by atoms with Crippen LogP contribution in [0.3, 0.4) is 0 Å². The van der Waals surface area contributed by atoms with E-state index in [4.69, 9.17) is 10.5 Å². The molecule has 0 radical (unpaired) electrons. The molecule has 4 nitrogen and oxygen atoms in total. The highest BCUT2D eigenvalue weighted by Gasteiger charge is 2.28. The molecule has 1 fully saturated rings. The summed E-state index contributed by atoms with van der Waals surface area (Å²) >= 11 is 0. The van der Waals surface area contributed by atoms with Gasteiger partial charge in [-0.05, 0) is 50.4 Å². The highest BCUT2D eigenvalue weighted by Crippen LogP contribution is 2.31. The summed E-state index contributed by atoms with van der Waals surface area (Å²) in [6.07, 6.45) is 1.10. The summed E-state index contributed by atoms with van der Waals surface area (Å²) in [5.74, 6) is 0.972. The molecule has 0 aliphatic carbocycles. The van der Waals surface area contributed by atoms with Crippen molar-refractivity contribution >= 4 is 0 Å². The Balaban J connectivity index is 2.09. The third kappa shape index (κ3) is 4.30. The fourth-order valence-electron chi connectivity index (χ4n) is 2.96. The molecule has 6 heteroatoms. The lowest BCUT2D eigenvalue weighted by Gasteiger charge is -2.22. The Morgan fingerprint density at radius 3 is 2.73 bits per heavy atom. The largest absolute Gasteiger partial charge is 0.490 e. The van der Waals surface area contributed by atoms with E-state index in [9.17, 15) is 8.78 Å². The van der Waals surface area contributed by atoms with E-state index in [2.05, 4.69) is 16.6 Å². The monoisotopic (exact) mass is 314 g/mol. The molecule has 1 aliphatic heterocycles. The number of ether oxygens (including phenoxy) is 2. The highest BCUT2D eigenvalue weighted by molar-refractivity contribution is 5.43. The molecular formula is C16H24F2N2O2. The molecule has 0 aromatic heterocycles. The number of halogens is 2. The molecule has 0 saturated carbocycles. The van der Waals surface area contributed by atoms with Gasteiger partial charge < -0.3 is 15.2 Å². The van der Waals surface area contributed by atoms with Gasteiger partial charge in [0.1, 0.15) is 0 Å². The van der Waals surface area contributed by atoms with Crippen molar-refractivity contribution in [2.75, 3.05) is 19.7 Å². The quantitative estimate of drug-likeness (QED) is 0.841. The predicted octanol–water partition coefficient (Wildman–Crippen LogP) is 2.86. The van der Waals surface area contributed by atoms with Gasteiger partial charge in [0.2, 0.25) is 0 Å². The van der Waals surface area contributed by atoms with Gasteiger partial charge in [0.15, 0.2) is 11.5 Å². The zero-order valence-corrected chi connectivity index (χ0v) is 13.1. The van der Waals surface area contributed by atoms with Crippen LogP contribution < -0.4 is 15.2 Å². The number of rotatable bonds is 7. The minimum Gasteiger partial charge on any atom is -0.490 e. The molecule has 1 saturated heterocycles. The number of benzene rings is 1. The maximum atomic E-state index is 12.4. The third-order valence-electron chi connectivity index (χ3n) is 4.03. The van der Waals surface area contributed by atoms with Crippen molar-refractivity contribution in [3.8, 4) is 11.5 Å². The van der Waals surface area contributed by atoms with Crippen LogP contribution in [0.5, 0.6) is 11.5 Å². The smallest absolute Gasteiger partial charge is 0.387 e. The van der Waals surface area contributed by atoms with Crippen molar-refractivity contribution in [3.05, 3.63) is 23.8 Å². The summed E-state index contributed by atoms with van der Waals surface area (Å²) in [6.45, 7) is 3.98. The minimum atomic E-state index is -2.85. The normalized spacial score (nSPS) is 22.3. The van der Waals surface area contributed by atoms with Gasteiger partial charge in [-0.1, -0.05) is 6.07 Å². The van der Waals surface area contributed by atoms with Crippen LogP contribution in [0.1, 0.15) is 25.8 Å². The summed E-state index contributed by atoms with van der Waals surface area (Å²) in [6, 6.07) is 5.61. The van der Waals surface area contributed by atoms with Crippen molar-refractivity contribution in [2.45, 2.75) is 39.5 Å². The SMILES string of the molecule is CCOc1cc(CN2CC(CN)CC2C)ccc1OC(F)F. The molecule has 0 spiro atoms. The van der Waals surface area contributed by atoms with Crippen LogP contribution in [0.25, 0.3) is 0 Å². The van der Waals surface area contributed by atoms with Gasteiger partial charge in [-0.25, -0.2) is 0 Å². The Kier molecular flexibility index (Phi) is 5.97. The molecule has 1 aliphatic rings. The molecule has 124 valence electrons. The third-order valence-corrected chi connectivity index (χ3v) is 4.03. The molecular weight excluding hydrogens is 290 g/mol. The first-order valence-electron chi connectivity index (χ1n) is 7.68. The van der Waals surface area contributed by atoms with E-state index in [0.717, 1.165) is 25.1 Å². The maximum Gasteiger partial charge on any atom is 0.387 e. The molecule has 1 heterocycles. The van der Waals surface area contributed by atoms with Crippen LogP contribution in [0.2, 0.25) is 0 Å². The van der Waals surface area contributed by atoms with E-state index in [1.807, 2.05) is 13.0 Å². The fourth-order valence-corrected chi connectivity index (χ4v) is 2.96. The summed E-state index contributed by atoms with van der Waals surface area (Å²) in [7, 11) is 0.